The summed E-state index contributed by atoms with van der Waals surface area (Å²) in [6, 6.07) is 5.64. The van der Waals surface area contributed by atoms with Gasteiger partial charge in [0.15, 0.2) is 11.1 Å². The summed E-state index contributed by atoms with van der Waals surface area (Å²) in [7, 11) is 1.60. The number of carbonyl (C=O) groups is 1. The van der Waals surface area contributed by atoms with E-state index in [1.54, 1.807) is 7.05 Å². The molecule has 116 valence electrons. The number of hydrogen-bond acceptors (Lipinski definition) is 5. The zero-order chi connectivity index (χ0) is 15.9. The fourth-order valence-corrected chi connectivity index (χ4v) is 2.36. The number of anilines is 1. The van der Waals surface area contributed by atoms with Gasteiger partial charge in [-0.15, -0.1) is 11.3 Å². The molecule has 0 aliphatic carbocycles. The quantitative estimate of drug-likeness (QED) is 0.573. The van der Waals surface area contributed by atoms with Crippen LogP contribution in [0.3, 0.4) is 0 Å². The van der Waals surface area contributed by atoms with Crippen LogP contribution in [0.15, 0.2) is 28.6 Å². The maximum absolute atomic E-state index is 11.3. The van der Waals surface area contributed by atoms with Crippen LogP contribution in [0.1, 0.15) is 19.0 Å². The molecular weight excluding hydrogens is 300 g/mol. The number of nitrogens with two attached hydrogens (primary N) is 1. The van der Waals surface area contributed by atoms with Crippen molar-refractivity contribution in [1.29, 1.82) is 0 Å². The molecule has 0 saturated carbocycles. The second kappa shape index (κ2) is 7.51. The van der Waals surface area contributed by atoms with Gasteiger partial charge >= 0.3 is 0 Å². The Morgan fingerprint density at radius 1 is 1.36 bits per heavy atom. The van der Waals surface area contributed by atoms with Crippen LogP contribution in [-0.2, 0) is 11.3 Å². The largest absolute Gasteiger partial charge is 0.370 e. The van der Waals surface area contributed by atoms with E-state index in [0.717, 1.165) is 17.1 Å². The summed E-state index contributed by atoms with van der Waals surface area (Å²) >= 11 is 1.42. The van der Waals surface area contributed by atoms with Crippen LogP contribution in [0.25, 0.3) is 11.4 Å². The molecule has 2 aromatic heterocycles. The highest BCUT2D eigenvalue weighted by molar-refractivity contribution is 7.14. The Labute approximate surface area is 132 Å². The third-order valence-electron chi connectivity index (χ3n) is 2.84. The first kappa shape index (κ1) is 15.9. The number of carbonyl (C=O) groups excluding carboxylic acids is 1. The second-order valence-electron chi connectivity index (χ2n) is 4.42. The Morgan fingerprint density at radius 2 is 2.18 bits per heavy atom. The van der Waals surface area contributed by atoms with E-state index < -0.39 is 0 Å². The van der Waals surface area contributed by atoms with Crippen molar-refractivity contribution >= 4 is 28.3 Å². The molecule has 0 unspecified atom stereocenters. The monoisotopic (exact) mass is 318 g/mol. The number of guanidine groups is 1. The van der Waals surface area contributed by atoms with Crippen LogP contribution in [0, 0.1) is 0 Å². The van der Waals surface area contributed by atoms with E-state index in [2.05, 4.69) is 25.6 Å². The van der Waals surface area contributed by atoms with Gasteiger partial charge in [0.05, 0.1) is 17.9 Å². The van der Waals surface area contributed by atoms with Crippen LogP contribution in [0.5, 0.6) is 0 Å². The van der Waals surface area contributed by atoms with E-state index in [-0.39, 0.29) is 5.91 Å². The molecule has 0 aliphatic rings. The zero-order valence-corrected chi connectivity index (χ0v) is 13.3. The summed E-state index contributed by atoms with van der Waals surface area (Å²) in [4.78, 5) is 24.0. The lowest BCUT2D eigenvalue weighted by Gasteiger charge is -2.04. The smallest absolute Gasteiger partial charge is 0.220 e. The molecule has 0 spiro atoms. The molecule has 0 aliphatic heterocycles. The van der Waals surface area contributed by atoms with E-state index in [4.69, 9.17) is 5.73 Å². The fourth-order valence-electron chi connectivity index (χ4n) is 1.65. The van der Waals surface area contributed by atoms with Gasteiger partial charge in [-0.1, -0.05) is 13.0 Å². The Hall–Kier alpha value is -2.48. The maximum Gasteiger partial charge on any atom is 0.220 e. The summed E-state index contributed by atoms with van der Waals surface area (Å²) in [5.74, 6) is 0.312. The zero-order valence-electron chi connectivity index (χ0n) is 12.5. The normalized spacial score (nSPS) is 11.3. The van der Waals surface area contributed by atoms with Crippen molar-refractivity contribution < 1.29 is 4.79 Å². The van der Waals surface area contributed by atoms with E-state index in [9.17, 15) is 4.79 Å². The SMILES string of the molecule is CCC(=O)NCc1cccc(-c2csc(NC(N)=NC)n2)n1. The molecule has 4 N–H and O–H groups in total. The first-order valence-corrected chi connectivity index (χ1v) is 7.68. The Balaban J connectivity index is 2.10. The number of hydrogen-bond donors (Lipinski definition) is 3. The Kier molecular flexibility index (Phi) is 5.42. The number of rotatable bonds is 5. The molecule has 7 nitrogen and oxygen atoms in total. The molecule has 8 heteroatoms. The molecule has 0 radical (unpaired) electrons. The lowest BCUT2D eigenvalue weighted by molar-refractivity contribution is -0.120. The molecule has 22 heavy (non-hydrogen) atoms. The predicted molar refractivity (Wildman–Crippen MR) is 88.7 cm³/mol. The molecular formula is C14H18N6OS. The van der Waals surface area contributed by atoms with Crippen molar-refractivity contribution in [2.24, 2.45) is 10.7 Å². The first-order chi connectivity index (χ1) is 10.6. The number of nitrogens with zero attached hydrogens (tertiary/aromatic N) is 3. The average molecular weight is 318 g/mol. The number of amides is 1. The van der Waals surface area contributed by atoms with Crippen LogP contribution >= 0.6 is 11.3 Å². The van der Waals surface area contributed by atoms with E-state index >= 15 is 0 Å². The van der Waals surface area contributed by atoms with Gasteiger partial charge in [0.1, 0.15) is 5.69 Å². The van der Waals surface area contributed by atoms with Gasteiger partial charge < -0.3 is 16.4 Å². The Morgan fingerprint density at radius 3 is 2.91 bits per heavy atom. The standard InChI is InChI=1S/C14H18N6OS/c1-3-12(21)17-7-9-5-4-6-10(18-9)11-8-22-14(19-11)20-13(15)16-2/h4-6,8H,3,7H2,1-2H3,(H,17,21)(H3,15,16,19,20). The minimum absolute atomic E-state index is 0.00155. The number of aliphatic imine (C=N–C) groups is 1. The van der Waals surface area contributed by atoms with Gasteiger partial charge in [-0.3, -0.25) is 9.79 Å². The molecule has 0 fully saturated rings. The van der Waals surface area contributed by atoms with E-state index in [0.29, 0.717) is 24.1 Å². The summed E-state index contributed by atoms with van der Waals surface area (Å²) < 4.78 is 0. The van der Waals surface area contributed by atoms with Gasteiger partial charge in [-0.2, -0.15) is 0 Å². The minimum Gasteiger partial charge on any atom is -0.370 e. The third kappa shape index (κ3) is 4.26. The topological polar surface area (TPSA) is 105 Å². The molecule has 0 bridgehead atoms. The van der Waals surface area contributed by atoms with Crippen molar-refractivity contribution in [2.75, 3.05) is 12.4 Å². The molecule has 2 aromatic rings. The number of thiazole rings is 1. The summed E-state index contributed by atoms with van der Waals surface area (Å²) in [5.41, 5.74) is 7.90. The first-order valence-electron chi connectivity index (χ1n) is 6.80. The highest BCUT2D eigenvalue weighted by Gasteiger charge is 2.07. The molecule has 0 saturated heterocycles. The lowest BCUT2D eigenvalue weighted by Crippen LogP contribution is -2.22. The lowest BCUT2D eigenvalue weighted by atomic mass is 10.2. The molecule has 0 aromatic carbocycles. The molecule has 2 rings (SSSR count). The number of nitrogens with one attached hydrogen (secondary N) is 2. The fraction of sp³-hybridized carbons (Fsp3) is 0.286. The van der Waals surface area contributed by atoms with Crippen LogP contribution in [-0.4, -0.2) is 28.9 Å². The summed E-state index contributed by atoms with van der Waals surface area (Å²) in [6.07, 6.45) is 0.460. The summed E-state index contributed by atoms with van der Waals surface area (Å²) in [5, 5.41) is 8.24. The van der Waals surface area contributed by atoms with Crippen LogP contribution < -0.4 is 16.4 Å². The maximum atomic E-state index is 11.3. The van der Waals surface area contributed by atoms with Crippen LogP contribution in [0.2, 0.25) is 0 Å². The van der Waals surface area contributed by atoms with Crippen LogP contribution in [0.4, 0.5) is 5.13 Å². The molecule has 0 atom stereocenters. The Bertz CT molecular complexity index is 681. The van der Waals surface area contributed by atoms with E-state index in [1.165, 1.54) is 11.3 Å². The second-order valence-corrected chi connectivity index (χ2v) is 5.27. The van der Waals surface area contributed by atoms with Gasteiger partial charge in [0, 0.05) is 18.8 Å². The third-order valence-corrected chi connectivity index (χ3v) is 3.59. The van der Waals surface area contributed by atoms with Gasteiger partial charge in [-0.25, -0.2) is 9.97 Å². The van der Waals surface area contributed by atoms with Crippen molar-refractivity contribution in [3.63, 3.8) is 0 Å². The van der Waals surface area contributed by atoms with Crippen molar-refractivity contribution in [2.45, 2.75) is 19.9 Å². The molecule has 1 amide bonds. The highest BCUT2D eigenvalue weighted by atomic mass is 32.1. The molecule has 2 heterocycles. The average Bonchev–Trinajstić information content (AvgIpc) is 3.01. The minimum atomic E-state index is 0.00155. The summed E-state index contributed by atoms with van der Waals surface area (Å²) in [6.45, 7) is 2.22. The van der Waals surface area contributed by atoms with Gasteiger partial charge in [0.2, 0.25) is 5.91 Å². The van der Waals surface area contributed by atoms with E-state index in [1.807, 2.05) is 30.5 Å². The predicted octanol–water partition coefficient (Wildman–Crippen LogP) is 1.59. The van der Waals surface area contributed by atoms with Gasteiger partial charge in [-0.05, 0) is 12.1 Å². The van der Waals surface area contributed by atoms with Gasteiger partial charge in [0.25, 0.3) is 0 Å². The highest BCUT2D eigenvalue weighted by Crippen LogP contribution is 2.23. The number of aromatic nitrogens is 2. The number of pyridine rings is 1. The van der Waals surface area contributed by atoms with Crippen molar-refractivity contribution in [3.05, 3.63) is 29.3 Å². The van der Waals surface area contributed by atoms with Crippen molar-refractivity contribution in [1.82, 2.24) is 15.3 Å². The van der Waals surface area contributed by atoms with Crippen molar-refractivity contribution in [3.8, 4) is 11.4 Å².